The zero-order chi connectivity index (χ0) is 12.5. The van der Waals surface area contributed by atoms with Crippen molar-refractivity contribution in [2.24, 2.45) is 21.1 Å². The lowest BCUT2D eigenvalue weighted by Gasteiger charge is -2.07. The van der Waals surface area contributed by atoms with Gasteiger partial charge in [0.15, 0.2) is 0 Å². The van der Waals surface area contributed by atoms with Crippen LogP contribution in [0.15, 0.2) is 39.6 Å². The SMILES string of the molecule is CCOc1ccccc1N/N=N/C(N)=NC#N. The number of para-hydroxylation sites is 2. The number of guanidine groups is 1. The topological polar surface area (TPSA) is 108 Å². The first-order valence-corrected chi connectivity index (χ1v) is 4.88. The van der Waals surface area contributed by atoms with Crippen LogP contribution in [-0.4, -0.2) is 12.6 Å². The fourth-order valence-electron chi connectivity index (χ4n) is 1.04. The van der Waals surface area contributed by atoms with Crippen molar-refractivity contribution in [3.05, 3.63) is 24.3 Å². The number of ether oxygens (including phenoxy) is 1. The molecule has 0 aliphatic heterocycles. The molecule has 0 unspecified atom stereocenters. The van der Waals surface area contributed by atoms with Crippen LogP contribution in [0.2, 0.25) is 0 Å². The number of aliphatic imine (C=N–C) groups is 1. The zero-order valence-electron chi connectivity index (χ0n) is 9.29. The molecular weight excluding hydrogens is 220 g/mol. The molecule has 0 radical (unpaired) electrons. The van der Waals surface area contributed by atoms with Gasteiger partial charge in [-0.05, 0) is 19.1 Å². The smallest absolute Gasteiger partial charge is 0.252 e. The molecule has 0 heterocycles. The van der Waals surface area contributed by atoms with E-state index < -0.39 is 0 Å². The highest BCUT2D eigenvalue weighted by atomic mass is 16.5. The third kappa shape index (κ3) is 4.17. The Morgan fingerprint density at radius 1 is 1.53 bits per heavy atom. The molecule has 0 aliphatic rings. The lowest BCUT2D eigenvalue weighted by atomic mass is 10.3. The van der Waals surface area contributed by atoms with E-state index in [4.69, 9.17) is 15.7 Å². The number of hydrogen-bond acceptors (Lipinski definition) is 4. The van der Waals surface area contributed by atoms with E-state index in [1.807, 2.05) is 19.1 Å². The molecule has 3 N–H and O–H groups in total. The van der Waals surface area contributed by atoms with Crippen LogP contribution in [0, 0.1) is 11.5 Å². The van der Waals surface area contributed by atoms with Gasteiger partial charge in [0, 0.05) is 0 Å². The summed E-state index contributed by atoms with van der Waals surface area (Å²) in [6.45, 7) is 2.43. The summed E-state index contributed by atoms with van der Waals surface area (Å²) in [7, 11) is 0. The van der Waals surface area contributed by atoms with Crippen LogP contribution in [0.4, 0.5) is 5.69 Å². The molecule has 1 aromatic rings. The van der Waals surface area contributed by atoms with Gasteiger partial charge in [0.25, 0.3) is 5.96 Å². The van der Waals surface area contributed by atoms with Crippen molar-refractivity contribution in [1.29, 1.82) is 5.26 Å². The summed E-state index contributed by atoms with van der Waals surface area (Å²) in [5.41, 5.74) is 8.55. The molecule has 7 nitrogen and oxygen atoms in total. The van der Waals surface area contributed by atoms with Gasteiger partial charge in [-0.15, -0.1) is 4.99 Å². The second kappa shape index (κ2) is 6.79. The van der Waals surface area contributed by atoms with Gasteiger partial charge < -0.3 is 10.5 Å². The number of hydrogen-bond donors (Lipinski definition) is 2. The molecule has 17 heavy (non-hydrogen) atoms. The Bertz CT molecular complexity index is 462. The van der Waals surface area contributed by atoms with Gasteiger partial charge in [-0.3, -0.25) is 5.43 Å². The molecule has 88 valence electrons. The monoisotopic (exact) mass is 232 g/mol. The minimum absolute atomic E-state index is 0.214. The molecule has 0 bridgehead atoms. The maximum absolute atomic E-state index is 8.21. The van der Waals surface area contributed by atoms with Crippen LogP contribution in [-0.2, 0) is 0 Å². The molecular formula is C10H12N6O. The van der Waals surface area contributed by atoms with Crippen molar-refractivity contribution in [2.45, 2.75) is 6.92 Å². The van der Waals surface area contributed by atoms with Gasteiger partial charge in [-0.1, -0.05) is 22.5 Å². The predicted octanol–water partition coefficient (Wildman–Crippen LogP) is 1.66. The normalized spacial score (nSPS) is 11.2. The molecule has 0 spiro atoms. The first-order valence-electron chi connectivity index (χ1n) is 4.88. The highest BCUT2D eigenvalue weighted by Crippen LogP contribution is 2.23. The van der Waals surface area contributed by atoms with Gasteiger partial charge in [-0.25, -0.2) is 0 Å². The number of nitrogens with one attached hydrogen (secondary N) is 1. The molecule has 0 aromatic heterocycles. The molecule has 0 atom stereocenters. The van der Waals surface area contributed by atoms with E-state index in [1.54, 1.807) is 12.1 Å². The van der Waals surface area contributed by atoms with Crippen molar-refractivity contribution in [2.75, 3.05) is 12.0 Å². The second-order valence-electron chi connectivity index (χ2n) is 2.81. The molecule has 0 saturated carbocycles. The Kier molecular flexibility index (Phi) is 4.97. The average molecular weight is 232 g/mol. The number of nitrogens with two attached hydrogens (primary N) is 1. The fourth-order valence-corrected chi connectivity index (χ4v) is 1.04. The minimum atomic E-state index is -0.214. The molecule has 1 rings (SSSR count). The fraction of sp³-hybridized carbons (Fsp3) is 0.200. The summed E-state index contributed by atoms with van der Waals surface area (Å²) in [4.78, 5) is 3.18. The molecule has 1 aromatic carbocycles. The van der Waals surface area contributed by atoms with E-state index in [1.165, 1.54) is 6.19 Å². The zero-order valence-corrected chi connectivity index (χ0v) is 9.29. The van der Waals surface area contributed by atoms with E-state index >= 15 is 0 Å². The van der Waals surface area contributed by atoms with Gasteiger partial charge >= 0.3 is 0 Å². The van der Waals surface area contributed by atoms with Crippen LogP contribution >= 0.6 is 0 Å². The minimum Gasteiger partial charge on any atom is -0.492 e. The quantitative estimate of drug-likeness (QED) is 0.270. The first kappa shape index (κ1) is 12.4. The van der Waals surface area contributed by atoms with Crippen molar-refractivity contribution in [1.82, 2.24) is 0 Å². The number of anilines is 1. The Hall–Kier alpha value is -2.62. The average Bonchev–Trinajstić information content (AvgIpc) is 2.32. The summed E-state index contributed by atoms with van der Waals surface area (Å²) in [6, 6.07) is 7.25. The van der Waals surface area contributed by atoms with Crippen molar-refractivity contribution in [3.63, 3.8) is 0 Å². The summed E-state index contributed by atoms with van der Waals surface area (Å²) in [5, 5.41) is 15.3. The van der Waals surface area contributed by atoms with E-state index in [9.17, 15) is 0 Å². The van der Waals surface area contributed by atoms with E-state index in [0.29, 0.717) is 18.0 Å². The third-order valence-corrected chi connectivity index (χ3v) is 1.67. The Labute approximate surface area is 98.6 Å². The lowest BCUT2D eigenvalue weighted by Crippen LogP contribution is -2.07. The number of rotatable bonds is 4. The summed E-state index contributed by atoms with van der Waals surface area (Å²) >= 11 is 0. The van der Waals surface area contributed by atoms with Crippen molar-refractivity contribution < 1.29 is 4.74 Å². The predicted molar refractivity (Wildman–Crippen MR) is 63.3 cm³/mol. The Morgan fingerprint density at radius 2 is 2.29 bits per heavy atom. The maximum Gasteiger partial charge on any atom is 0.252 e. The molecule has 0 amide bonds. The number of nitrogens with zero attached hydrogens (tertiary/aromatic N) is 4. The molecule has 7 heteroatoms. The van der Waals surface area contributed by atoms with Gasteiger partial charge in [0.05, 0.1) is 12.3 Å². The van der Waals surface area contributed by atoms with E-state index in [2.05, 4.69) is 20.8 Å². The highest BCUT2D eigenvalue weighted by Gasteiger charge is 1.99. The van der Waals surface area contributed by atoms with Crippen molar-refractivity contribution >= 4 is 11.6 Å². The van der Waals surface area contributed by atoms with E-state index in [0.717, 1.165) is 0 Å². The van der Waals surface area contributed by atoms with Crippen LogP contribution in [0.1, 0.15) is 6.92 Å². The Balaban J connectivity index is 2.69. The highest BCUT2D eigenvalue weighted by molar-refractivity contribution is 5.79. The van der Waals surface area contributed by atoms with E-state index in [-0.39, 0.29) is 5.96 Å². The summed E-state index contributed by atoms with van der Waals surface area (Å²) < 4.78 is 5.36. The van der Waals surface area contributed by atoms with Crippen LogP contribution < -0.4 is 15.9 Å². The lowest BCUT2D eigenvalue weighted by molar-refractivity contribution is 0.341. The van der Waals surface area contributed by atoms with Gasteiger partial charge in [0.2, 0.25) is 6.19 Å². The Morgan fingerprint density at radius 3 is 3.00 bits per heavy atom. The van der Waals surface area contributed by atoms with Crippen LogP contribution in [0.25, 0.3) is 0 Å². The van der Waals surface area contributed by atoms with Crippen LogP contribution in [0.3, 0.4) is 0 Å². The number of nitriles is 1. The van der Waals surface area contributed by atoms with Crippen molar-refractivity contribution in [3.8, 4) is 11.9 Å². The number of benzene rings is 1. The third-order valence-electron chi connectivity index (χ3n) is 1.67. The van der Waals surface area contributed by atoms with Crippen LogP contribution in [0.5, 0.6) is 5.75 Å². The summed E-state index contributed by atoms with van der Waals surface area (Å²) in [5.74, 6) is 0.443. The van der Waals surface area contributed by atoms with Gasteiger partial charge in [-0.2, -0.15) is 5.26 Å². The molecule has 0 fully saturated rings. The van der Waals surface area contributed by atoms with Gasteiger partial charge in [0.1, 0.15) is 5.75 Å². The molecule has 0 aliphatic carbocycles. The maximum atomic E-state index is 8.21. The summed E-state index contributed by atoms with van der Waals surface area (Å²) in [6.07, 6.45) is 1.50. The first-order chi connectivity index (χ1) is 8.27. The molecule has 0 saturated heterocycles. The standard InChI is InChI=1S/C10H12N6O/c1-2-17-9-6-4-3-5-8(9)14-16-15-10(12)13-7-11/h3-6H,2H2,1H3,(H3,12,13,14,15). The second-order valence-corrected chi connectivity index (χ2v) is 2.81. The largest absolute Gasteiger partial charge is 0.492 e.